The molecule has 76 valence electrons. The van der Waals surface area contributed by atoms with Gasteiger partial charge in [-0.3, -0.25) is 10.2 Å². The van der Waals surface area contributed by atoms with E-state index in [9.17, 15) is 9.90 Å². The third-order valence-electron chi connectivity index (χ3n) is 1.68. The van der Waals surface area contributed by atoms with Crippen molar-refractivity contribution < 1.29 is 14.6 Å². The predicted octanol–water partition coefficient (Wildman–Crippen LogP) is 0.609. The van der Waals surface area contributed by atoms with Gasteiger partial charge in [0.05, 0.1) is 16.2 Å². The Morgan fingerprint density at radius 3 is 2.79 bits per heavy atom. The van der Waals surface area contributed by atoms with E-state index >= 15 is 0 Å². The molecule has 1 aromatic rings. The number of hydrogen-bond acceptors (Lipinski definition) is 4. The van der Waals surface area contributed by atoms with Crippen LogP contribution in [0.2, 0.25) is 0 Å². The van der Waals surface area contributed by atoms with E-state index in [4.69, 9.17) is 10.6 Å². The first-order valence-corrected chi connectivity index (χ1v) is 4.76. The quantitative estimate of drug-likeness (QED) is 0.323. The predicted molar refractivity (Wildman–Crippen MR) is 59.0 cm³/mol. The lowest BCUT2D eigenvalue weighted by Gasteiger charge is -2.08. The number of nitrogens with one attached hydrogen (secondary N) is 1. The number of rotatable bonds is 2. The van der Waals surface area contributed by atoms with E-state index in [1.54, 1.807) is 6.07 Å². The molecule has 1 aromatic carbocycles. The molecular weight excluding hydrogens is 299 g/mol. The molecule has 0 aliphatic rings. The molecule has 0 fully saturated rings. The summed E-state index contributed by atoms with van der Waals surface area (Å²) >= 11 is 1.88. The Hall–Kier alpha value is -1.02. The molecule has 0 saturated heterocycles. The molecule has 0 radical (unpaired) electrons. The topological polar surface area (TPSA) is 84.6 Å². The molecule has 0 aromatic heterocycles. The normalized spacial score (nSPS) is 9.64. The van der Waals surface area contributed by atoms with E-state index in [0.717, 1.165) is 0 Å². The molecule has 14 heavy (non-hydrogen) atoms. The van der Waals surface area contributed by atoms with Gasteiger partial charge >= 0.3 is 0 Å². The average Bonchev–Trinajstić information content (AvgIpc) is 2.21. The molecular formula is C8H9IN2O3. The van der Waals surface area contributed by atoms with E-state index in [0.29, 0.717) is 9.32 Å². The minimum atomic E-state index is -0.539. The minimum Gasteiger partial charge on any atom is -0.506 e. The van der Waals surface area contributed by atoms with Crippen LogP contribution in [-0.4, -0.2) is 18.1 Å². The average molecular weight is 308 g/mol. The summed E-state index contributed by atoms with van der Waals surface area (Å²) in [6.07, 6.45) is 0. The maximum atomic E-state index is 11.1. The van der Waals surface area contributed by atoms with Gasteiger partial charge in [-0.2, -0.15) is 0 Å². The van der Waals surface area contributed by atoms with Gasteiger partial charge in [0, 0.05) is 0 Å². The number of nitrogen functional groups attached to an aromatic ring is 1. The molecule has 0 heterocycles. The maximum absolute atomic E-state index is 11.1. The van der Waals surface area contributed by atoms with Crippen LogP contribution in [0, 0.1) is 3.57 Å². The number of amides is 1. The van der Waals surface area contributed by atoms with Gasteiger partial charge in [0.1, 0.15) is 11.5 Å². The van der Waals surface area contributed by atoms with Crippen LogP contribution in [0.15, 0.2) is 12.1 Å². The smallest absolute Gasteiger partial charge is 0.268 e. The minimum absolute atomic E-state index is 0.123. The largest absolute Gasteiger partial charge is 0.506 e. The Labute approximate surface area is 94.4 Å². The van der Waals surface area contributed by atoms with Gasteiger partial charge in [0.2, 0.25) is 0 Å². The number of phenolic OH excluding ortho intramolecular Hbond substituents is 1. The maximum Gasteiger partial charge on any atom is 0.268 e. The second kappa shape index (κ2) is 4.47. The van der Waals surface area contributed by atoms with Crippen molar-refractivity contribution in [3.8, 4) is 11.5 Å². The number of nitrogens with two attached hydrogens (primary N) is 1. The highest BCUT2D eigenvalue weighted by Crippen LogP contribution is 2.32. The van der Waals surface area contributed by atoms with E-state index < -0.39 is 5.91 Å². The van der Waals surface area contributed by atoms with Gasteiger partial charge in [-0.1, -0.05) is 0 Å². The van der Waals surface area contributed by atoms with Crippen LogP contribution in [0.4, 0.5) is 0 Å². The molecule has 0 saturated carbocycles. The van der Waals surface area contributed by atoms with Crippen LogP contribution >= 0.6 is 22.6 Å². The number of ether oxygens (including phenoxy) is 1. The van der Waals surface area contributed by atoms with Gasteiger partial charge in [-0.05, 0) is 34.7 Å². The summed E-state index contributed by atoms with van der Waals surface area (Å²) in [4.78, 5) is 11.1. The van der Waals surface area contributed by atoms with E-state index in [-0.39, 0.29) is 11.3 Å². The third-order valence-corrected chi connectivity index (χ3v) is 2.72. The number of carbonyl (C=O) groups is 1. The van der Waals surface area contributed by atoms with Gasteiger partial charge in [-0.25, -0.2) is 5.84 Å². The lowest BCUT2D eigenvalue weighted by atomic mass is 10.2. The van der Waals surface area contributed by atoms with Gasteiger partial charge in [0.15, 0.2) is 0 Å². The molecule has 1 rings (SSSR count). The molecule has 0 aliphatic heterocycles. The molecule has 0 aliphatic carbocycles. The van der Waals surface area contributed by atoms with Crippen molar-refractivity contribution >= 4 is 28.5 Å². The highest BCUT2D eigenvalue weighted by atomic mass is 127. The van der Waals surface area contributed by atoms with Crippen molar-refractivity contribution in [3.63, 3.8) is 0 Å². The molecule has 4 N–H and O–H groups in total. The van der Waals surface area contributed by atoms with E-state index in [1.165, 1.54) is 13.2 Å². The van der Waals surface area contributed by atoms with Crippen molar-refractivity contribution in [2.45, 2.75) is 0 Å². The van der Waals surface area contributed by atoms with Crippen molar-refractivity contribution in [2.75, 3.05) is 7.11 Å². The zero-order valence-corrected chi connectivity index (χ0v) is 9.53. The first kappa shape index (κ1) is 11.1. The molecule has 6 heteroatoms. The van der Waals surface area contributed by atoms with Crippen molar-refractivity contribution in [1.29, 1.82) is 0 Å². The number of carbonyl (C=O) groups excluding carboxylic acids is 1. The molecule has 0 unspecified atom stereocenters. The molecule has 0 bridgehead atoms. The third kappa shape index (κ3) is 1.90. The fraction of sp³-hybridized carbons (Fsp3) is 0.125. The fourth-order valence-corrected chi connectivity index (χ4v) is 1.66. The van der Waals surface area contributed by atoms with Gasteiger partial charge in [-0.15, -0.1) is 0 Å². The van der Waals surface area contributed by atoms with Crippen LogP contribution < -0.4 is 16.0 Å². The van der Waals surface area contributed by atoms with Crippen LogP contribution in [-0.2, 0) is 0 Å². The number of aromatic hydroxyl groups is 1. The summed E-state index contributed by atoms with van der Waals surface area (Å²) < 4.78 is 5.44. The Balaban J connectivity index is 3.24. The van der Waals surface area contributed by atoms with Crippen LogP contribution in [0.25, 0.3) is 0 Å². The Morgan fingerprint density at radius 1 is 1.64 bits per heavy atom. The Morgan fingerprint density at radius 2 is 2.29 bits per heavy atom. The summed E-state index contributed by atoms with van der Waals surface area (Å²) in [5.74, 6) is 4.79. The second-order valence-electron chi connectivity index (χ2n) is 2.45. The Kier molecular flexibility index (Phi) is 3.53. The SMILES string of the molecule is COc1ccc(C(=O)NN)c(O)c1I. The molecule has 5 nitrogen and oxygen atoms in total. The summed E-state index contributed by atoms with van der Waals surface area (Å²) in [6.45, 7) is 0. The number of hydrazine groups is 1. The van der Waals surface area contributed by atoms with Crippen molar-refractivity contribution in [2.24, 2.45) is 5.84 Å². The second-order valence-corrected chi connectivity index (χ2v) is 3.53. The number of benzene rings is 1. The first-order valence-electron chi connectivity index (χ1n) is 3.68. The van der Waals surface area contributed by atoms with Crippen molar-refractivity contribution in [3.05, 3.63) is 21.3 Å². The zero-order chi connectivity index (χ0) is 10.7. The Bertz CT molecular complexity index is 368. The summed E-state index contributed by atoms with van der Waals surface area (Å²) in [6, 6.07) is 3.03. The number of phenols is 1. The van der Waals surface area contributed by atoms with Gasteiger partial charge in [0.25, 0.3) is 5.91 Å². The van der Waals surface area contributed by atoms with E-state index in [1.807, 2.05) is 28.0 Å². The summed E-state index contributed by atoms with van der Waals surface area (Å²) in [7, 11) is 1.49. The van der Waals surface area contributed by atoms with Gasteiger partial charge < -0.3 is 9.84 Å². The molecule has 0 spiro atoms. The van der Waals surface area contributed by atoms with Crippen molar-refractivity contribution in [1.82, 2.24) is 5.43 Å². The molecule has 0 atom stereocenters. The standard InChI is InChI=1S/C8H9IN2O3/c1-14-5-3-2-4(8(13)11-10)7(12)6(5)9/h2-3,12H,10H2,1H3,(H,11,13). The highest BCUT2D eigenvalue weighted by molar-refractivity contribution is 14.1. The summed E-state index contributed by atoms with van der Waals surface area (Å²) in [5.41, 5.74) is 2.07. The number of halogens is 1. The van der Waals surface area contributed by atoms with E-state index in [2.05, 4.69) is 0 Å². The lowest BCUT2D eigenvalue weighted by Crippen LogP contribution is -2.30. The highest BCUT2D eigenvalue weighted by Gasteiger charge is 2.15. The monoisotopic (exact) mass is 308 g/mol. The number of hydrogen-bond donors (Lipinski definition) is 3. The fourth-order valence-electron chi connectivity index (χ4n) is 0.965. The number of methoxy groups -OCH3 is 1. The zero-order valence-electron chi connectivity index (χ0n) is 7.37. The summed E-state index contributed by atoms with van der Waals surface area (Å²) in [5, 5.41) is 9.61. The van der Waals surface area contributed by atoms with Crippen LogP contribution in [0.3, 0.4) is 0 Å². The van der Waals surface area contributed by atoms with Crippen LogP contribution in [0.1, 0.15) is 10.4 Å². The lowest BCUT2D eigenvalue weighted by molar-refractivity contribution is 0.0951. The molecule has 1 amide bonds. The van der Waals surface area contributed by atoms with Crippen LogP contribution in [0.5, 0.6) is 11.5 Å². The first-order chi connectivity index (χ1) is 6.61.